The summed E-state index contributed by atoms with van der Waals surface area (Å²) < 4.78 is 0. The zero-order valence-electron chi connectivity index (χ0n) is 22.6. The quantitative estimate of drug-likeness (QED) is 0.160. The molecule has 3 amide bonds. The second-order valence-electron chi connectivity index (χ2n) is 9.78. The Labute approximate surface area is 234 Å². The van der Waals surface area contributed by atoms with Crippen molar-refractivity contribution in [3.63, 3.8) is 0 Å². The third-order valence-electron chi connectivity index (χ3n) is 6.81. The summed E-state index contributed by atoms with van der Waals surface area (Å²) in [5.74, 6) is -2.00. The van der Waals surface area contributed by atoms with Crippen molar-refractivity contribution in [2.24, 2.45) is 5.92 Å². The molecule has 0 saturated carbocycles. The molecule has 4 aromatic rings. The van der Waals surface area contributed by atoms with Crippen LogP contribution in [-0.2, 0) is 16.0 Å². The zero-order valence-corrected chi connectivity index (χ0v) is 22.6. The van der Waals surface area contributed by atoms with Crippen LogP contribution < -0.4 is 21.7 Å². The first-order valence-corrected chi connectivity index (χ1v) is 13.3. The Bertz CT molecular complexity index is 1380. The van der Waals surface area contributed by atoms with Crippen molar-refractivity contribution in [3.05, 3.63) is 131 Å². The first kappa shape index (κ1) is 28.1. The first-order chi connectivity index (χ1) is 19.3. The van der Waals surface area contributed by atoms with Gasteiger partial charge in [-0.1, -0.05) is 84.9 Å². The number of carbonyl (C=O) groups is 3. The van der Waals surface area contributed by atoms with Crippen LogP contribution in [0.25, 0.3) is 0 Å². The number of anilines is 2. The molecule has 0 radical (unpaired) electrons. The number of carbonyl (C=O) groups excluding carboxylic acids is 3. The van der Waals surface area contributed by atoms with E-state index in [0.29, 0.717) is 16.9 Å². The van der Waals surface area contributed by atoms with Crippen LogP contribution in [-0.4, -0.2) is 17.7 Å². The van der Waals surface area contributed by atoms with Gasteiger partial charge in [-0.3, -0.25) is 14.4 Å². The third-order valence-corrected chi connectivity index (χ3v) is 6.81. The topological polar surface area (TPSA) is 113 Å². The van der Waals surface area contributed by atoms with Crippen molar-refractivity contribution >= 4 is 29.1 Å². The van der Waals surface area contributed by atoms with Gasteiger partial charge in [0.2, 0.25) is 11.8 Å². The van der Waals surface area contributed by atoms with Gasteiger partial charge in [0.15, 0.2) is 0 Å². The molecule has 0 heterocycles. The summed E-state index contributed by atoms with van der Waals surface area (Å²) >= 11 is 0. The van der Waals surface area contributed by atoms with Gasteiger partial charge in [-0.15, -0.1) is 0 Å². The van der Waals surface area contributed by atoms with E-state index < -0.39 is 5.92 Å². The van der Waals surface area contributed by atoms with E-state index in [9.17, 15) is 14.4 Å². The number of hydrogen-bond acceptors (Lipinski definition) is 4. The Morgan fingerprint density at radius 2 is 1.12 bits per heavy atom. The highest BCUT2D eigenvalue weighted by atomic mass is 16.2. The standard InChI is InChI=1S/C33H34N4O3/c1-22(25-11-5-3-6-12-25)35-32(39)28(33(40)36-23(2)26-13-7-4-8-14-26)21-24-17-19-27(20-18-24)31(38)37-30-16-10-9-15-29(30)34/h3-20,22-23,28H,21,34H2,1-2H3,(H,35,39)(H,36,40)(H,37,38). The summed E-state index contributed by atoms with van der Waals surface area (Å²) in [5.41, 5.74) is 10.0. The number of para-hydroxylation sites is 2. The van der Waals surface area contributed by atoms with Crippen LogP contribution in [0.15, 0.2) is 109 Å². The Morgan fingerprint density at radius 3 is 1.62 bits per heavy atom. The molecule has 2 atom stereocenters. The summed E-state index contributed by atoms with van der Waals surface area (Å²) in [6.45, 7) is 3.78. The Hall–Kier alpha value is -4.91. The number of benzene rings is 4. The van der Waals surface area contributed by atoms with Gasteiger partial charge >= 0.3 is 0 Å². The number of nitrogens with two attached hydrogens (primary N) is 1. The molecule has 7 nitrogen and oxygen atoms in total. The third kappa shape index (κ3) is 7.35. The van der Waals surface area contributed by atoms with E-state index in [1.165, 1.54) is 0 Å². The molecule has 4 rings (SSSR count). The largest absolute Gasteiger partial charge is 0.397 e. The number of amides is 3. The van der Waals surface area contributed by atoms with Crippen molar-refractivity contribution in [3.8, 4) is 0 Å². The molecule has 0 saturated heterocycles. The smallest absolute Gasteiger partial charge is 0.255 e. The maximum Gasteiger partial charge on any atom is 0.255 e. The highest BCUT2D eigenvalue weighted by Gasteiger charge is 2.29. The molecule has 0 aliphatic carbocycles. The second-order valence-corrected chi connectivity index (χ2v) is 9.78. The van der Waals surface area contributed by atoms with Gasteiger partial charge in [-0.25, -0.2) is 0 Å². The number of hydrogen-bond donors (Lipinski definition) is 4. The molecule has 4 aromatic carbocycles. The van der Waals surface area contributed by atoms with Gasteiger partial charge in [-0.2, -0.15) is 0 Å². The minimum absolute atomic E-state index is 0.175. The van der Waals surface area contributed by atoms with Crippen LogP contribution in [0.5, 0.6) is 0 Å². The molecule has 0 bridgehead atoms. The molecule has 40 heavy (non-hydrogen) atoms. The van der Waals surface area contributed by atoms with Gasteiger partial charge in [-0.05, 0) is 61.2 Å². The molecular formula is C33H34N4O3. The first-order valence-electron chi connectivity index (χ1n) is 13.3. The number of rotatable bonds is 10. The van der Waals surface area contributed by atoms with Crippen molar-refractivity contribution < 1.29 is 14.4 Å². The van der Waals surface area contributed by atoms with Gasteiger partial charge in [0, 0.05) is 5.56 Å². The molecule has 0 aliphatic heterocycles. The lowest BCUT2D eigenvalue weighted by Gasteiger charge is -2.23. The van der Waals surface area contributed by atoms with Crippen LogP contribution in [0.2, 0.25) is 0 Å². The van der Waals surface area contributed by atoms with Gasteiger partial charge in [0.1, 0.15) is 5.92 Å². The van der Waals surface area contributed by atoms with E-state index in [2.05, 4.69) is 16.0 Å². The van der Waals surface area contributed by atoms with Crippen LogP contribution in [0.3, 0.4) is 0 Å². The summed E-state index contributed by atoms with van der Waals surface area (Å²) in [6.07, 6.45) is 0.175. The fourth-order valence-electron chi connectivity index (χ4n) is 4.42. The van der Waals surface area contributed by atoms with E-state index in [1.54, 1.807) is 48.5 Å². The van der Waals surface area contributed by atoms with Crippen LogP contribution >= 0.6 is 0 Å². The SMILES string of the molecule is CC(NC(=O)C(Cc1ccc(C(=O)Nc2ccccc2N)cc1)C(=O)NC(C)c1ccccc1)c1ccccc1. The molecule has 2 unspecified atom stereocenters. The average Bonchev–Trinajstić information content (AvgIpc) is 2.98. The van der Waals surface area contributed by atoms with Crippen molar-refractivity contribution in [1.29, 1.82) is 0 Å². The molecule has 7 heteroatoms. The van der Waals surface area contributed by atoms with Crippen LogP contribution in [0, 0.1) is 5.92 Å². The average molecular weight is 535 g/mol. The normalized spacial score (nSPS) is 12.9. The molecule has 5 N–H and O–H groups in total. The highest BCUT2D eigenvalue weighted by molar-refractivity contribution is 6.05. The summed E-state index contributed by atoms with van der Waals surface area (Å²) in [7, 11) is 0. The van der Waals surface area contributed by atoms with Crippen molar-refractivity contribution in [2.75, 3.05) is 11.1 Å². The van der Waals surface area contributed by atoms with Crippen LogP contribution in [0.1, 0.15) is 53.0 Å². The van der Waals surface area contributed by atoms with Crippen LogP contribution in [0.4, 0.5) is 11.4 Å². The van der Waals surface area contributed by atoms with Crippen molar-refractivity contribution in [2.45, 2.75) is 32.4 Å². The zero-order chi connectivity index (χ0) is 28.5. The lowest BCUT2D eigenvalue weighted by molar-refractivity contribution is -0.136. The highest BCUT2D eigenvalue weighted by Crippen LogP contribution is 2.20. The minimum atomic E-state index is -0.971. The minimum Gasteiger partial charge on any atom is -0.397 e. The molecule has 204 valence electrons. The second kappa shape index (κ2) is 13.2. The number of nitrogens with one attached hydrogen (secondary N) is 3. The Balaban J connectivity index is 1.49. The molecular weight excluding hydrogens is 500 g/mol. The maximum absolute atomic E-state index is 13.5. The van der Waals surface area contributed by atoms with E-state index in [-0.39, 0.29) is 36.2 Å². The van der Waals surface area contributed by atoms with Gasteiger partial charge in [0.05, 0.1) is 23.5 Å². The maximum atomic E-state index is 13.5. The van der Waals surface area contributed by atoms with E-state index in [4.69, 9.17) is 5.73 Å². The monoisotopic (exact) mass is 534 g/mol. The summed E-state index contributed by atoms with van der Waals surface area (Å²) in [4.78, 5) is 39.6. The lowest BCUT2D eigenvalue weighted by atomic mass is 9.95. The Morgan fingerprint density at radius 1 is 0.650 bits per heavy atom. The number of nitrogen functional groups attached to an aromatic ring is 1. The van der Waals surface area contributed by atoms with E-state index in [0.717, 1.165) is 16.7 Å². The Kier molecular flexibility index (Phi) is 9.31. The van der Waals surface area contributed by atoms with Gasteiger partial charge in [0.25, 0.3) is 5.91 Å². The van der Waals surface area contributed by atoms with E-state index in [1.807, 2.05) is 74.5 Å². The fraction of sp³-hybridized carbons (Fsp3) is 0.182. The molecule has 0 spiro atoms. The molecule has 0 aliphatic rings. The predicted molar refractivity (Wildman–Crippen MR) is 158 cm³/mol. The van der Waals surface area contributed by atoms with E-state index >= 15 is 0 Å². The molecule has 0 aromatic heterocycles. The predicted octanol–water partition coefficient (Wildman–Crippen LogP) is 5.43. The fourth-order valence-corrected chi connectivity index (χ4v) is 4.42. The lowest BCUT2D eigenvalue weighted by Crippen LogP contribution is -2.43. The van der Waals surface area contributed by atoms with Gasteiger partial charge < -0.3 is 21.7 Å². The molecule has 0 fully saturated rings. The summed E-state index contributed by atoms with van der Waals surface area (Å²) in [5, 5.41) is 8.80. The van der Waals surface area contributed by atoms with Crippen molar-refractivity contribution in [1.82, 2.24) is 10.6 Å². The summed E-state index contributed by atoms with van der Waals surface area (Å²) in [6, 6.07) is 32.6.